The number of nitrogens with two attached hydrogens (primary N) is 1. The van der Waals surface area contributed by atoms with Crippen molar-refractivity contribution < 1.29 is 4.79 Å². The van der Waals surface area contributed by atoms with E-state index in [2.05, 4.69) is 11.4 Å². The summed E-state index contributed by atoms with van der Waals surface area (Å²) in [6, 6.07) is 13.7. The minimum atomic E-state index is -0.554. The van der Waals surface area contributed by atoms with Crippen LogP contribution in [0.15, 0.2) is 36.4 Å². The Bertz CT molecular complexity index is 474. The molecular formula is C11H9N2O. The van der Waals surface area contributed by atoms with Crippen molar-refractivity contribution in [3.05, 3.63) is 42.5 Å². The molecule has 0 aliphatic heterocycles. The van der Waals surface area contributed by atoms with Crippen molar-refractivity contribution in [2.24, 2.45) is 5.73 Å². The second kappa shape index (κ2) is 3.38. The number of hydrogen-bond donors (Lipinski definition) is 2. The van der Waals surface area contributed by atoms with E-state index >= 15 is 0 Å². The van der Waals surface area contributed by atoms with Crippen LogP contribution in [-0.4, -0.2) is 6.03 Å². The van der Waals surface area contributed by atoms with Crippen LogP contribution in [0, 0.1) is 6.07 Å². The molecule has 0 saturated heterocycles. The zero-order valence-corrected chi connectivity index (χ0v) is 7.45. The van der Waals surface area contributed by atoms with Crippen molar-refractivity contribution in [2.45, 2.75) is 0 Å². The van der Waals surface area contributed by atoms with Gasteiger partial charge in [0.25, 0.3) is 0 Å². The van der Waals surface area contributed by atoms with E-state index in [0.29, 0.717) is 5.69 Å². The van der Waals surface area contributed by atoms with Gasteiger partial charge in [0, 0.05) is 5.39 Å². The van der Waals surface area contributed by atoms with Crippen molar-refractivity contribution in [3.8, 4) is 0 Å². The summed E-state index contributed by atoms with van der Waals surface area (Å²) in [5.74, 6) is 0. The molecule has 2 amide bonds. The summed E-state index contributed by atoms with van der Waals surface area (Å²) in [5, 5.41) is 4.46. The molecule has 0 atom stereocenters. The molecule has 0 aliphatic carbocycles. The fourth-order valence-corrected chi connectivity index (χ4v) is 1.39. The molecule has 2 aromatic rings. The zero-order chi connectivity index (χ0) is 9.97. The maximum Gasteiger partial charge on any atom is 0.316 e. The molecule has 3 nitrogen and oxygen atoms in total. The third kappa shape index (κ3) is 1.52. The highest BCUT2D eigenvalue weighted by Crippen LogP contribution is 2.21. The highest BCUT2D eigenvalue weighted by molar-refractivity contribution is 6.00. The normalized spacial score (nSPS) is 10.0. The van der Waals surface area contributed by atoms with Crippen molar-refractivity contribution in [3.63, 3.8) is 0 Å². The number of carbonyl (C=O) groups is 1. The molecule has 14 heavy (non-hydrogen) atoms. The Morgan fingerprint density at radius 1 is 1.29 bits per heavy atom. The Kier molecular flexibility index (Phi) is 2.07. The summed E-state index contributed by atoms with van der Waals surface area (Å²) in [5.41, 5.74) is 5.77. The highest BCUT2D eigenvalue weighted by atomic mass is 16.2. The number of benzene rings is 2. The SMILES string of the molecule is NC(=O)Nc1cc[c]c2ccccc12. The average molecular weight is 185 g/mol. The topological polar surface area (TPSA) is 55.1 Å². The van der Waals surface area contributed by atoms with Gasteiger partial charge in [0.05, 0.1) is 5.69 Å². The molecule has 0 saturated carbocycles. The monoisotopic (exact) mass is 185 g/mol. The Hall–Kier alpha value is -2.03. The summed E-state index contributed by atoms with van der Waals surface area (Å²) in [6.45, 7) is 0. The van der Waals surface area contributed by atoms with Gasteiger partial charge in [-0.3, -0.25) is 0 Å². The first kappa shape index (κ1) is 8.56. The average Bonchev–Trinajstić information content (AvgIpc) is 2.18. The summed E-state index contributed by atoms with van der Waals surface area (Å²) in [7, 11) is 0. The third-order valence-corrected chi connectivity index (χ3v) is 1.96. The van der Waals surface area contributed by atoms with Crippen LogP contribution >= 0.6 is 0 Å². The van der Waals surface area contributed by atoms with Crippen LogP contribution in [0.4, 0.5) is 10.5 Å². The van der Waals surface area contributed by atoms with Gasteiger partial charge in [0.15, 0.2) is 0 Å². The van der Waals surface area contributed by atoms with Gasteiger partial charge < -0.3 is 11.1 Å². The number of carbonyl (C=O) groups excluding carboxylic acids is 1. The molecule has 2 rings (SSSR count). The van der Waals surface area contributed by atoms with E-state index in [1.54, 1.807) is 12.1 Å². The number of anilines is 1. The van der Waals surface area contributed by atoms with E-state index in [1.165, 1.54) is 0 Å². The predicted octanol–water partition coefficient (Wildman–Crippen LogP) is 2.13. The van der Waals surface area contributed by atoms with Crippen molar-refractivity contribution in [2.75, 3.05) is 5.32 Å². The molecule has 1 radical (unpaired) electrons. The number of hydrogen-bond acceptors (Lipinski definition) is 1. The van der Waals surface area contributed by atoms with Gasteiger partial charge in [-0.05, 0) is 17.5 Å². The lowest BCUT2D eigenvalue weighted by Crippen LogP contribution is -2.19. The van der Waals surface area contributed by atoms with Crippen LogP contribution in [0.25, 0.3) is 10.8 Å². The van der Waals surface area contributed by atoms with E-state index < -0.39 is 6.03 Å². The standard InChI is InChI=1S/C11H9N2O/c12-11(14)13-10-7-3-5-8-4-1-2-6-9(8)10/h1-4,6-7H,(H3,12,13,14). The van der Waals surface area contributed by atoms with Gasteiger partial charge in [-0.25, -0.2) is 4.79 Å². The summed E-state index contributed by atoms with van der Waals surface area (Å²) >= 11 is 0. The second-order valence-electron chi connectivity index (χ2n) is 2.93. The maximum absolute atomic E-state index is 10.7. The van der Waals surface area contributed by atoms with Crippen LogP contribution < -0.4 is 11.1 Å². The van der Waals surface area contributed by atoms with E-state index in [0.717, 1.165) is 10.8 Å². The minimum absolute atomic E-state index is 0.554. The van der Waals surface area contributed by atoms with Crippen LogP contribution in [-0.2, 0) is 0 Å². The lowest BCUT2D eigenvalue weighted by molar-refractivity contribution is 0.259. The lowest BCUT2D eigenvalue weighted by Gasteiger charge is -2.05. The molecule has 69 valence electrons. The molecule has 2 aromatic carbocycles. The number of fused-ring (bicyclic) bond motifs is 1. The van der Waals surface area contributed by atoms with E-state index in [1.807, 2.05) is 24.3 Å². The molecule has 3 heteroatoms. The number of nitrogens with one attached hydrogen (secondary N) is 1. The minimum Gasteiger partial charge on any atom is -0.351 e. The molecular weight excluding hydrogens is 176 g/mol. The number of amides is 2. The summed E-state index contributed by atoms with van der Waals surface area (Å²) < 4.78 is 0. The molecule has 3 N–H and O–H groups in total. The first-order chi connectivity index (χ1) is 6.77. The lowest BCUT2D eigenvalue weighted by atomic mass is 10.1. The molecule has 0 spiro atoms. The van der Waals surface area contributed by atoms with E-state index in [-0.39, 0.29) is 0 Å². The Morgan fingerprint density at radius 2 is 2.07 bits per heavy atom. The third-order valence-electron chi connectivity index (χ3n) is 1.96. The van der Waals surface area contributed by atoms with Crippen LogP contribution in [0.5, 0.6) is 0 Å². The highest BCUT2D eigenvalue weighted by Gasteiger charge is 2.00. The van der Waals surface area contributed by atoms with Gasteiger partial charge in [-0.2, -0.15) is 0 Å². The van der Waals surface area contributed by atoms with Gasteiger partial charge in [-0.1, -0.05) is 30.3 Å². The van der Waals surface area contributed by atoms with Crippen molar-refractivity contribution in [1.82, 2.24) is 0 Å². The molecule has 0 heterocycles. The Balaban J connectivity index is 2.59. The van der Waals surface area contributed by atoms with Crippen LogP contribution in [0.3, 0.4) is 0 Å². The number of primary amides is 1. The molecule has 0 bridgehead atoms. The quantitative estimate of drug-likeness (QED) is 0.702. The molecule has 0 aliphatic rings. The second-order valence-corrected chi connectivity index (χ2v) is 2.93. The first-order valence-corrected chi connectivity index (χ1v) is 4.23. The smallest absolute Gasteiger partial charge is 0.316 e. The van der Waals surface area contributed by atoms with Gasteiger partial charge >= 0.3 is 6.03 Å². The first-order valence-electron chi connectivity index (χ1n) is 4.23. The van der Waals surface area contributed by atoms with Crippen LogP contribution in [0.2, 0.25) is 0 Å². The van der Waals surface area contributed by atoms with Gasteiger partial charge in [0.2, 0.25) is 0 Å². The number of urea groups is 1. The molecule has 0 aromatic heterocycles. The molecule has 0 unspecified atom stereocenters. The van der Waals surface area contributed by atoms with Gasteiger partial charge in [-0.15, -0.1) is 0 Å². The Labute approximate surface area is 81.5 Å². The largest absolute Gasteiger partial charge is 0.351 e. The maximum atomic E-state index is 10.7. The predicted molar refractivity (Wildman–Crippen MR) is 56.0 cm³/mol. The van der Waals surface area contributed by atoms with Gasteiger partial charge in [0.1, 0.15) is 0 Å². The van der Waals surface area contributed by atoms with Crippen LogP contribution in [0.1, 0.15) is 0 Å². The fraction of sp³-hybridized carbons (Fsp3) is 0. The summed E-state index contributed by atoms with van der Waals surface area (Å²) in [4.78, 5) is 10.7. The molecule has 0 fully saturated rings. The fourth-order valence-electron chi connectivity index (χ4n) is 1.39. The van der Waals surface area contributed by atoms with E-state index in [9.17, 15) is 4.79 Å². The van der Waals surface area contributed by atoms with E-state index in [4.69, 9.17) is 5.73 Å². The number of rotatable bonds is 1. The van der Waals surface area contributed by atoms with Crippen molar-refractivity contribution >= 4 is 22.5 Å². The van der Waals surface area contributed by atoms with Crippen molar-refractivity contribution in [1.29, 1.82) is 0 Å². The Morgan fingerprint density at radius 3 is 2.86 bits per heavy atom. The zero-order valence-electron chi connectivity index (χ0n) is 7.45. The summed E-state index contributed by atoms with van der Waals surface area (Å²) in [6.07, 6.45) is 0.